The lowest BCUT2D eigenvalue weighted by atomic mass is 10.2. The van der Waals surface area contributed by atoms with Crippen LogP contribution in [0.25, 0.3) is 10.9 Å². The molecule has 0 atom stereocenters. The third-order valence-electron chi connectivity index (χ3n) is 1.75. The van der Waals surface area contributed by atoms with Gasteiger partial charge in [-0.15, -0.1) is 0 Å². The molecule has 0 radical (unpaired) electrons. The molecule has 0 aliphatic rings. The quantitative estimate of drug-likeness (QED) is 0.677. The Bertz CT molecular complexity index is 398. The highest BCUT2D eigenvalue weighted by molar-refractivity contribution is 5.77. The van der Waals surface area contributed by atoms with Crippen molar-refractivity contribution >= 4 is 10.9 Å². The average molecular weight is 159 g/mol. The SMILES string of the molecule is NCc1cc2ncccc2cn1. The highest BCUT2D eigenvalue weighted by atomic mass is 14.7. The van der Waals surface area contributed by atoms with E-state index in [0.717, 1.165) is 16.6 Å². The molecule has 0 aliphatic heterocycles. The first-order valence-electron chi connectivity index (χ1n) is 3.80. The molecule has 0 spiro atoms. The molecule has 12 heavy (non-hydrogen) atoms. The summed E-state index contributed by atoms with van der Waals surface area (Å²) in [6, 6.07) is 5.79. The Morgan fingerprint density at radius 2 is 2.25 bits per heavy atom. The van der Waals surface area contributed by atoms with Gasteiger partial charge in [0, 0.05) is 24.3 Å². The fourth-order valence-corrected chi connectivity index (χ4v) is 1.12. The average Bonchev–Trinajstić information content (AvgIpc) is 2.17. The second kappa shape index (κ2) is 2.87. The molecule has 2 N–H and O–H groups in total. The Balaban J connectivity index is 2.67. The molecule has 3 heteroatoms. The van der Waals surface area contributed by atoms with Gasteiger partial charge in [-0.3, -0.25) is 9.97 Å². The Labute approximate surface area is 70.3 Å². The molecule has 60 valence electrons. The highest BCUT2D eigenvalue weighted by Crippen LogP contribution is 2.09. The van der Waals surface area contributed by atoms with Crippen molar-refractivity contribution in [2.75, 3.05) is 0 Å². The highest BCUT2D eigenvalue weighted by Gasteiger charge is 1.95. The minimum atomic E-state index is 0.465. The molecule has 2 aromatic heterocycles. The van der Waals surface area contributed by atoms with Gasteiger partial charge in [0.2, 0.25) is 0 Å². The van der Waals surface area contributed by atoms with Gasteiger partial charge in [0.15, 0.2) is 0 Å². The van der Waals surface area contributed by atoms with Crippen molar-refractivity contribution in [3.63, 3.8) is 0 Å². The minimum Gasteiger partial charge on any atom is -0.325 e. The number of hydrogen-bond acceptors (Lipinski definition) is 3. The number of nitrogens with two attached hydrogens (primary N) is 1. The zero-order chi connectivity index (χ0) is 8.39. The summed E-state index contributed by atoms with van der Waals surface area (Å²) < 4.78 is 0. The topological polar surface area (TPSA) is 51.8 Å². The van der Waals surface area contributed by atoms with Crippen LogP contribution in [-0.2, 0) is 6.54 Å². The summed E-state index contributed by atoms with van der Waals surface area (Å²) in [5.41, 5.74) is 7.28. The summed E-state index contributed by atoms with van der Waals surface area (Å²) in [4.78, 5) is 8.35. The van der Waals surface area contributed by atoms with Gasteiger partial charge >= 0.3 is 0 Å². The molecular formula is C9H9N3. The molecule has 0 unspecified atom stereocenters. The number of aromatic nitrogens is 2. The summed E-state index contributed by atoms with van der Waals surface area (Å²) in [5, 5.41) is 1.05. The van der Waals surface area contributed by atoms with Gasteiger partial charge in [0.05, 0.1) is 11.2 Å². The lowest BCUT2D eigenvalue weighted by molar-refractivity contribution is 0.996. The molecule has 0 bridgehead atoms. The third-order valence-corrected chi connectivity index (χ3v) is 1.75. The second-order valence-corrected chi connectivity index (χ2v) is 2.58. The normalized spacial score (nSPS) is 10.4. The molecular weight excluding hydrogens is 150 g/mol. The van der Waals surface area contributed by atoms with Crippen LogP contribution in [0.3, 0.4) is 0 Å². The standard InChI is InChI=1S/C9H9N3/c10-5-8-4-9-7(6-12-8)2-1-3-11-9/h1-4,6H,5,10H2. The maximum atomic E-state index is 5.45. The largest absolute Gasteiger partial charge is 0.325 e. The van der Waals surface area contributed by atoms with Crippen LogP contribution in [0.15, 0.2) is 30.6 Å². The van der Waals surface area contributed by atoms with Crippen molar-refractivity contribution in [2.45, 2.75) is 6.54 Å². The summed E-state index contributed by atoms with van der Waals surface area (Å²) >= 11 is 0. The van der Waals surface area contributed by atoms with Crippen LogP contribution in [0.2, 0.25) is 0 Å². The van der Waals surface area contributed by atoms with Crippen molar-refractivity contribution in [2.24, 2.45) is 5.73 Å². The molecule has 3 nitrogen and oxygen atoms in total. The van der Waals surface area contributed by atoms with Gasteiger partial charge < -0.3 is 5.73 Å². The Morgan fingerprint density at radius 3 is 3.08 bits per heavy atom. The fraction of sp³-hybridized carbons (Fsp3) is 0.111. The van der Waals surface area contributed by atoms with E-state index in [0.29, 0.717) is 6.54 Å². The maximum Gasteiger partial charge on any atom is 0.0736 e. The van der Waals surface area contributed by atoms with E-state index in [9.17, 15) is 0 Å². The minimum absolute atomic E-state index is 0.465. The molecule has 0 saturated heterocycles. The lowest BCUT2D eigenvalue weighted by Gasteiger charge is -1.97. The number of pyridine rings is 2. The summed E-state index contributed by atoms with van der Waals surface area (Å²) in [7, 11) is 0. The van der Waals surface area contributed by atoms with E-state index >= 15 is 0 Å². The first-order chi connectivity index (χ1) is 5.90. The number of nitrogens with zero attached hydrogens (tertiary/aromatic N) is 2. The predicted octanol–water partition coefficient (Wildman–Crippen LogP) is 1.09. The molecule has 0 aliphatic carbocycles. The first kappa shape index (κ1) is 7.18. The van der Waals surface area contributed by atoms with E-state index in [-0.39, 0.29) is 0 Å². The van der Waals surface area contributed by atoms with E-state index in [4.69, 9.17) is 5.73 Å². The monoisotopic (exact) mass is 159 g/mol. The zero-order valence-electron chi connectivity index (χ0n) is 6.57. The van der Waals surface area contributed by atoms with Gasteiger partial charge in [0.25, 0.3) is 0 Å². The predicted molar refractivity (Wildman–Crippen MR) is 47.4 cm³/mol. The molecule has 2 rings (SSSR count). The van der Waals surface area contributed by atoms with Crippen molar-refractivity contribution in [1.82, 2.24) is 9.97 Å². The van der Waals surface area contributed by atoms with Crippen LogP contribution < -0.4 is 5.73 Å². The Kier molecular flexibility index (Phi) is 1.72. The van der Waals surface area contributed by atoms with Gasteiger partial charge in [-0.05, 0) is 18.2 Å². The third kappa shape index (κ3) is 1.14. The molecule has 0 saturated carbocycles. The van der Waals surface area contributed by atoms with Crippen LogP contribution in [-0.4, -0.2) is 9.97 Å². The van der Waals surface area contributed by atoms with E-state index in [1.165, 1.54) is 0 Å². The Morgan fingerprint density at radius 1 is 1.33 bits per heavy atom. The number of rotatable bonds is 1. The van der Waals surface area contributed by atoms with Crippen molar-refractivity contribution in [3.8, 4) is 0 Å². The molecule has 2 heterocycles. The zero-order valence-corrected chi connectivity index (χ0v) is 6.57. The van der Waals surface area contributed by atoms with E-state index < -0.39 is 0 Å². The van der Waals surface area contributed by atoms with Crippen LogP contribution in [0, 0.1) is 0 Å². The molecule has 2 aromatic rings. The van der Waals surface area contributed by atoms with Crippen LogP contribution >= 0.6 is 0 Å². The second-order valence-electron chi connectivity index (χ2n) is 2.58. The van der Waals surface area contributed by atoms with Crippen LogP contribution in [0.5, 0.6) is 0 Å². The number of hydrogen-bond donors (Lipinski definition) is 1. The Hall–Kier alpha value is -1.48. The van der Waals surface area contributed by atoms with Crippen molar-refractivity contribution in [1.29, 1.82) is 0 Å². The molecule has 0 amide bonds. The molecule has 0 aromatic carbocycles. The van der Waals surface area contributed by atoms with E-state index in [2.05, 4.69) is 9.97 Å². The summed E-state index contributed by atoms with van der Waals surface area (Å²) in [6.07, 6.45) is 3.56. The maximum absolute atomic E-state index is 5.45. The number of fused-ring (bicyclic) bond motifs is 1. The van der Waals surface area contributed by atoms with Gasteiger partial charge in [-0.25, -0.2) is 0 Å². The fourth-order valence-electron chi connectivity index (χ4n) is 1.12. The van der Waals surface area contributed by atoms with Gasteiger partial charge in [-0.2, -0.15) is 0 Å². The first-order valence-corrected chi connectivity index (χ1v) is 3.80. The van der Waals surface area contributed by atoms with Gasteiger partial charge in [0.1, 0.15) is 0 Å². The molecule has 0 fully saturated rings. The van der Waals surface area contributed by atoms with Crippen molar-refractivity contribution < 1.29 is 0 Å². The van der Waals surface area contributed by atoms with Crippen LogP contribution in [0.1, 0.15) is 5.69 Å². The van der Waals surface area contributed by atoms with E-state index in [1.807, 2.05) is 18.2 Å². The van der Waals surface area contributed by atoms with Gasteiger partial charge in [-0.1, -0.05) is 0 Å². The van der Waals surface area contributed by atoms with E-state index in [1.54, 1.807) is 12.4 Å². The van der Waals surface area contributed by atoms with Crippen LogP contribution in [0.4, 0.5) is 0 Å². The summed E-state index contributed by atoms with van der Waals surface area (Å²) in [6.45, 7) is 0.465. The summed E-state index contributed by atoms with van der Waals surface area (Å²) in [5.74, 6) is 0. The lowest BCUT2D eigenvalue weighted by Crippen LogP contribution is -1.98. The van der Waals surface area contributed by atoms with Crippen molar-refractivity contribution in [3.05, 3.63) is 36.3 Å². The smallest absolute Gasteiger partial charge is 0.0736 e.